The normalized spacial score (nSPS) is 21.7. The summed E-state index contributed by atoms with van der Waals surface area (Å²) < 4.78 is 5.09. The van der Waals surface area contributed by atoms with Gasteiger partial charge in [0, 0.05) is 17.3 Å². The third kappa shape index (κ3) is 1.19. The van der Waals surface area contributed by atoms with Crippen LogP contribution in [0.2, 0.25) is 0 Å². The summed E-state index contributed by atoms with van der Waals surface area (Å²) in [5.74, 6) is 0. The molecule has 0 aromatic carbocycles. The molecule has 1 N–H and O–H groups in total. The zero-order valence-electron chi connectivity index (χ0n) is 6.26. The Morgan fingerprint density at radius 2 is 2.36 bits per heavy atom. The van der Waals surface area contributed by atoms with Crippen LogP contribution >= 0.6 is 0 Å². The number of aromatic amines is 1. The van der Waals surface area contributed by atoms with Crippen molar-refractivity contribution in [1.29, 1.82) is 0 Å². The zero-order valence-corrected chi connectivity index (χ0v) is 6.26. The lowest BCUT2D eigenvalue weighted by atomic mass is 10.1. The van der Waals surface area contributed by atoms with Crippen LogP contribution in [-0.4, -0.2) is 11.6 Å². The van der Waals surface area contributed by atoms with E-state index in [-0.39, 0.29) is 11.7 Å². The Morgan fingerprint density at radius 3 is 2.91 bits per heavy atom. The number of hydrogen-bond donors (Lipinski definition) is 1. The van der Waals surface area contributed by atoms with Crippen LogP contribution in [0.1, 0.15) is 17.4 Å². The predicted octanol–water partition coefficient (Wildman–Crippen LogP) is 0.755. The van der Waals surface area contributed by atoms with E-state index < -0.39 is 0 Å². The van der Waals surface area contributed by atoms with Crippen LogP contribution in [0.5, 0.6) is 0 Å². The molecule has 1 fully saturated rings. The minimum Gasteiger partial charge on any atom is -0.368 e. The van der Waals surface area contributed by atoms with Crippen LogP contribution in [-0.2, 0) is 4.74 Å². The van der Waals surface area contributed by atoms with Crippen LogP contribution in [0, 0.1) is 6.92 Å². The fourth-order valence-electron chi connectivity index (χ4n) is 1.17. The molecule has 1 aromatic heterocycles. The van der Waals surface area contributed by atoms with Gasteiger partial charge in [-0.15, -0.1) is 0 Å². The number of aryl methyl sites for hydroxylation is 1. The van der Waals surface area contributed by atoms with Crippen molar-refractivity contribution in [1.82, 2.24) is 4.98 Å². The standard InChI is InChI=1S/C8H9NO2/c1-5-6(7-4-11-7)2-3-8(10)9-5/h2-3,7H,4H2,1H3,(H,9,10). The van der Waals surface area contributed by atoms with Gasteiger partial charge in [-0.2, -0.15) is 0 Å². The molecule has 0 saturated carbocycles. The minimum atomic E-state index is -0.0492. The van der Waals surface area contributed by atoms with Gasteiger partial charge < -0.3 is 9.72 Å². The molecule has 58 valence electrons. The molecule has 1 aliphatic rings. The first-order valence-electron chi connectivity index (χ1n) is 3.59. The van der Waals surface area contributed by atoms with E-state index in [0.717, 1.165) is 17.9 Å². The summed E-state index contributed by atoms with van der Waals surface area (Å²) in [5, 5.41) is 0. The van der Waals surface area contributed by atoms with E-state index in [0.29, 0.717) is 0 Å². The number of pyridine rings is 1. The van der Waals surface area contributed by atoms with Gasteiger partial charge in [-0.05, 0) is 13.0 Å². The summed E-state index contributed by atoms with van der Waals surface area (Å²) in [6, 6.07) is 3.36. The summed E-state index contributed by atoms with van der Waals surface area (Å²) in [5.41, 5.74) is 1.97. The van der Waals surface area contributed by atoms with Crippen LogP contribution in [0.15, 0.2) is 16.9 Å². The second-order valence-electron chi connectivity index (χ2n) is 2.72. The maximum atomic E-state index is 10.8. The first-order valence-corrected chi connectivity index (χ1v) is 3.59. The first kappa shape index (κ1) is 6.61. The van der Waals surface area contributed by atoms with Crippen molar-refractivity contribution in [2.75, 3.05) is 6.61 Å². The summed E-state index contributed by atoms with van der Waals surface area (Å²) in [4.78, 5) is 13.5. The van der Waals surface area contributed by atoms with Crippen LogP contribution in [0.25, 0.3) is 0 Å². The fraction of sp³-hybridized carbons (Fsp3) is 0.375. The number of epoxide rings is 1. The molecule has 0 radical (unpaired) electrons. The quantitative estimate of drug-likeness (QED) is 0.602. The Morgan fingerprint density at radius 1 is 1.64 bits per heavy atom. The summed E-state index contributed by atoms with van der Waals surface area (Å²) in [7, 11) is 0. The van der Waals surface area contributed by atoms with Crippen LogP contribution < -0.4 is 5.56 Å². The largest absolute Gasteiger partial charge is 0.368 e. The second kappa shape index (κ2) is 2.20. The van der Waals surface area contributed by atoms with Crippen LogP contribution in [0.4, 0.5) is 0 Å². The molecule has 3 nitrogen and oxygen atoms in total. The van der Waals surface area contributed by atoms with E-state index in [9.17, 15) is 4.79 Å². The highest BCUT2D eigenvalue weighted by Crippen LogP contribution is 2.30. The topological polar surface area (TPSA) is 45.4 Å². The number of H-pyrrole nitrogens is 1. The molecule has 1 aliphatic heterocycles. The molecule has 0 bridgehead atoms. The van der Waals surface area contributed by atoms with Gasteiger partial charge >= 0.3 is 0 Å². The minimum absolute atomic E-state index is 0.0492. The van der Waals surface area contributed by atoms with Gasteiger partial charge in [0.2, 0.25) is 5.56 Å². The lowest BCUT2D eigenvalue weighted by Crippen LogP contribution is -2.06. The van der Waals surface area contributed by atoms with Gasteiger partial charge in [0.05, 0.1) is 6.61 Å². The van der Waals surface area contributed by atoms with Gasteiger partial charge in [-0.1, -0.05) is 0 Å². The Bertz CT molecular complexity index is 325. The van der Waals surface area contributed by atoms with E-state index in [1.165, 1.54) is 6.07 Å². The Hall–Kier alpha value is -1.09. The van der Waals surface area contributed by atoms with Crippen LogP contribution in [0.3, 0.4) is 0 Å². The molecule has 0 amide bonds. The van der Waals surface area contributed by atoms with Crippen molar-refractivity contribution >= 4 is 0 Å². The number of aromatic nitrogens is 1. The third-order valence-electron chi connectivity index (χ3n) is 1.84. The Kier molecular flexibility index (Phi) is 1.32. The summed E-state index contributed by atoms with van der Waals surface area (Å²) in [6.07, 6.45) is 0.229. The van der Waals surface area contributed by atoms with E-state index in [1.807, 2.05) is 13.0 Å². The highest BCUT2D eigenvalue weighted by Gasteiger charge is 2.26. The fourth-order valence-corrected chi connectivity index (χ4v) is 1.17. The monoisotopic (exact) mass is 151 g/mol. The van der Waals surface area contributed by atoms with Gasteiger partial charge in [0.25, 0.3) is 0 Å². The number of hydrogen-bond acceptors (Lipinski definition) is 2. The van der Waals surface area contributed by atoms with E-state index in [4.69, 9.17) is 4.74 Å². The lowest BCUT2D eigenvalue weighted by Gasteiger charge is -1.98. The summed E-state index contributed by atoms with van der Waals surface area (Å²) in [6.45, 7) is 2.67. The molecule has 0 spiro atoms. The molecule has 3 heteroatoms. The van der Waals surface area contributed by atoms with E-state index in [2.05, 4.69) is 4.98 Å². The maximum absolute atomic E-state index is 10.8. The molecule has 1 atom stereocenters. The number of rotatable bonds is 1. The predicted molar refractivity (Wildman–Crippen MR) is 40.5 cm³/mol. The summed E-state index contributed by atoms with van der Waals surface area (Å²) >= 11 is 0. The molecule has 1 saturated heterocycles. The third-order valence-corrected chi connectivity index (χ3v) is 1.84. The smallest absolute Gasteiger partial charge is 0.248 e. The molecule has 11 heavy (non-hydrogen) atoms. The average Bonchev–Trinajstić information content (AvgIpc) is 2.70. The molecular formula is C8H9NO2. The van der Waals surface area contributed by atoms with Crippen molar-refractivity contribution in [3.63, 3.8) is 0 Å². The molecule has 1 unspecified atom stereocenters. The Balaban J connectivity index is 2.47. The number of nitrogens with one attached hydrogen (secondary N) is 1. The van der Waals surface area contributed by atoms with Crippen molar-refractivity contribution in [3.05, 3.63) is 33.7 Å². The van der Waals surface area contributed by atoms with Crippen molar-refractivity contribution < 1.29 is 4.74 Å². The molecular weight excluding hydrogens is 142 g/mol. The zero-order chi connectivity index (χ0) is 7.84. The maximum Gasteiger partial charge on any atom is 0.248 e. The van der Waals surface area contributed by atoms with Gasteiger partial charge in [0.1, 0.15) is 6.10 Å². The lowest BCUT2D eigenvalue weighted by molar-refractivity contribution is 0.414. The average molecular weight is 151 g/mol. The molecule has 1 aromatic rings. The molecule has 0 aliphatic carbocycles. The van der Waals surface area contributed by atoms with Gasteiger partial charge in [-0.25, -0.2) is 0 Å². The second-order valence-corrected chi connectivity index (χ2v) is 2.72. The first-order chi connectivity index (χ1) is 5.27. The van der Waals surface area contributed by atoms with E-state index in [1.54, 1.807) is 0 Å². The molecule has 2 rings (SSSR count). The van der Waals surface area contributed by atoms with Crippen molar-refractivity contribution in [2.45, 2.75) is 13.0 Å². The van der Waals surface area contributed by atoms with E-state index >= 15 is 0 Å². The van der Waals surface area contributed by atoms with Gasteiger partial charge in [-0.3, -0.25) is 4.79 Å². The van der Waals surface area contributed by atoms with Crippen molar-refractivity contribution in [2.24, 2.45) is 0 Å². The number of ether oxygens (including phenoxy) is 1. The van der Waals surface area contributed by atoms with Crippen molar-refractivity contribution in [3.8, 4) is 0 Å². The Labute approximate surface area is 64.0 Å². The van der Waals surface area contributed by atoms with Gasteiger partial charge in [0.15, 0.2) is 0 Å². The molecule has 2 heterocycles. The highest BCUT2D eigenvalue weighted by molar-refractivity contribution is 5.23. The SMILES string of the molecule is Cc1[nH]c(=O)ccc1C1CO1. The highest BCUT2D eigenvalue weighted by atomic mass is 16.6.